The van der Waals surface area contributed by atoms with Crippen molar-refractivity contribution in [2.24, 2.45) is 0 Å². The van der Waals surface area contributed by atoms with Gasteiger partial charge < -0.3 is 14.8 Å². The van der Waals surface area contributed by atoms with Crippen molar-refractivity contribution in [1.82, 2.24) is 5.32 Å². The molecule has 0 aliphatic heterocycles. The highest BCUT2D eigenvalue weighted by Gasteiger charge is 2.31. The van der Waals surface area contributed by atoms with Gasteiger partial charge >= 0.3 is 0 Å². The van der Waals surface area contributed by atoms with Gasteiger partial charge in [-0.05, 0) is 43.7 Å². The van der Waals surface area contributed by atoms with Crippen LogP contribution in [0.5, 0.6) is 11.5 Å². The van der Waals surface area contributed by atoms with Crippen LogP contribution in [0, 0.1) is 0 Å². The maximum Gasteiger partial charge on any atom is 0.244 e. The number of carbonyl (C=O) groups excluding carboxylic acids is 1. The van der Waals surface area contributed by atoms with Crippen LogP contribution >= 0.6 is 0 Å². The number of anilines is 1. The molecule has 0 fully saturated rings. The smallest absolute Gasteiger partial charge is 0.244 e. The quantitative estimate of drug-likeness (QED) is 0.639. The van der Waals surface area contributed by atoms with Gasteiger partial charge in [0.2, 0.25) is 15.9 Å². The zero-order chi connectivity index (χ0) is 21.4. The van der Waals surface area contributed by atoms with Gasteiger partial charge in [-0.2, -0.15) is 0 Å². The first kappa shape index (κ1) is 22.5. The molecule has 0 aromatic heterocycles. The third kappa shape index (κ3) is 5.87. The van der Waals surface area contributed by atoms with E-state index in [1.165, 1.54) is 7.11 Å². The van der Waals surface area contributed by atoms with Gasteiger partial charge in [0.15, 0.2) is 0 Å². The summed E-state index contributed by atoms with van der Waals surface area (Å²) in [7, 11) is -2.15. The number of benzene rings is 2. The Hall–Kier alpha value is -2.74. The van der Waals surface area contributed by atoms with E-state index in [0.29, 0.717) is 30.2 Å². The van der Waals surface area contributed by atoms with Crippen molar-refractivity contribution < 1.29 is 22.7 Å². The SMILES string of the molecule is CCOc1ccccc1CNC(=O)[C@@H](CC)N(c1ccc(OC)cc1)S(C)(=O)=O. The van der Waals surface area contributed by atoms with Crippen LogP contribution < -0.4 is 19.1 Å². The molecule has 0 bridgehead atoms. The van der Waals surface area contributed by atoms with Crippen LogP contribution in [-0.4, -0.2) is 40.3 Å². The molecule has 2 aromatic carbocycles. The Morgan fingerprint density at radius 1 is 1.10 bits per heavy atom. The molecule has 1 N–H and O–H groups in total. The number of nitrogens with zero attached hydrogens (tertiary/aromatic N) is 1. The molecule has 8 heteroatoms. The number of methoxy groups -OCH3 is 1. The molecule has 158 valence electrons. The van der Waals surface area contributed by atoms with Crippen molar-refractivity contribution in [2.45, 2.75) is 32.9 Å². The van der Waals surface area contributed by atoms with E-state index in [9.17, 15) is 13.2 Å². The van der Waals surface area contributed by atoms with E-state index in [-0.39, 0.29) is 12.5 Å². The van der Waals surface area contributed by atoms with Gasteiger partial charge in [0.25, 0.3) is 0 Å². The summed E-state index contributed by atoms with van der Waals surface area (Å²) in [6.45, 7) is 4.43. The zero-order valence-corrected chi connectivity index (χ0v) is 18.0. The molecule has 1 amide bonds. The second-order valence-corrected chi connectivity index (χ2v) is 8.30. The van der Waals surface area contributed by atoms with Crippen molar-refractivity contribution >= 4 is 21.6 Å². The third-order valence-electron chi connectivity index (χ3n) is 4.38. The lowest BCUT2D eigenvalue weighted by atomic mass is 10.1. The minimum Gasteiger partial charge on any atom is -0.497 e. The van der Waals surface area contributed by atoms with Gasteiger partial charge in [0, 0.05) is 12.1 Å². The molecule has 0 radical (unpaired) electrons. The molecule has 0 heterocycles. The summed E-state index contributed by atoms with van der Waals surface area (Å²) in [5.74, 6) is 0.922. The maximum atomic E-state index is 12.9. The summed E-state index contributed by atoms with van der Waals surface area (Å²) in [5.41, 5.74) is 1.23. The molecule has 1 atom stereocenters. The first-order chi connectivity index (χ1) is 13.8. The minimum absolute atomic E-state index is 0.242. The average Bonchev–Trinajstić information content (AvgIpc) is 2.70. The van der Waals surface area contributed by atoms with Gasteiger partial charge in [-0.15, -0.1) is 0 Å². The fraction of sp³-hybridized carbons (Fsp3) is 0.381. The second kappa shape index (κ2) is 10.2. The van der Waals surface area contributed by atoms with E-state index >= 15 is 0 Å². The van der Waals surface area contributed by atoms with Crippen LogP contribution in [0.4, 0.5) is 5.69 Å². The Labute approximate surface area is 172 Å². The molecule has 0 unspecified atom stereocenters. The van der Waals surface area contributed by atoms with E-state index in [4.69, 9.17) is 9.47 Å². The van der Waals surface area contributed by atoms with Crippen LogP contribution in [0.2, 0.25) is 0 Å². The average molecular weight is 421 g/mol. The van der Waals surface area contributed by atoms with E-state index in [2.05, 4.69) is 5.32 Å². The summed E-state index contributed by atoms with van der Waals surface area (Å²) in [5, 5.41) is 2.84. The number of para-hydroxylation sites is 1. The van der Waals surface area contributed by atoms with Gasteiger partial charge in [-0.25, -0.2) is 8.42 Å². The number of nitrogens with one attached hydrogen (secondary N) is 1. The minimum atomic E-state index is -3.69. The van der Waals surface area contributed by atoms with Crippen molar-refractivity contribution in [2.75, 3.05) is 24.3 Å². The first-order valence-corrected chi connectivity index (χ1v) is 11.3. The van der Waals surface area contributed by atoms with Crippen molar-refractivity contribution in [3.05, 3.63) is 54.1 Å². The summed E-state index contributed by atoms with van der Waals surface area (Å²) in [6, 6.07) is 13.1. The van der Waals surface area contributed by atoms with E-state index in [0.717, 1.165) is 16.1 Å². The molecule has 7 nitrogen and oxygen atoms in total. The molecule has 0 spiro atoms. The topological polar surface area (TPSA) is 84.9 Å². The summed E-state index contributed by atoms with van der Waals surface area (Å²) in [6.07, 6.45) is 1.41. The number of sulfonamides is 1. The second-order valence-electron chi connectivity index (χ2n) is 6.44. The fourth-order valence-corrected chi connectivity index (χ4v) is 4.25. The van der Waals surface area contributed by atoms with Gasteiger partial charge in [0.1, 0.15) is 17.5 Å². The maximum absolute atomic E-state index is 12.9. The van der Waals surface area contributed by atoms with Crippen LogP contribution in [0.25, 0.3) is 0 Å². The monoisotopic (exact) mass is 420 g/mol. The predicted octanol–water partition coefficient (Wildman–Crippen LogP) is 2.95. The molecule has 0 saturated heterocycles. The lowest BCUT2D eigenvalue weighted by Gasteiger charge is -2.30. The largest absolute Gasteiger partial charge is 0.497 e. The Morgan fingerprint density at radius 3 is 2.31 bits per heavy atom. The van der Waals surface area contributed by atoms with Gasteiger partial charge in [-0.1, -0.05) is 25.1 Å². The van der Waals surface area contributed by atoms with Crippen LogP contribution in [-0.2, 0) is 21.4 Å². The lowest BCUT2D eigenvalue weighted by Crippen LogP contribution is -2.49. The number of hydrogen-bond donors (Lipinski definition) is 1. The fourth-order valence-electron chi connectivity index (χ4n) is 3.04. The number of hydrogen-bond acceptors (Lipinski definition) is 5. The predicted molar refractivity (Wildman–Crippen MR) is 114 cm³/mol. The van der Waals surface area contributed by atoms with E-state index < -0.39 is 16.1 Å². The van der Waals surface area contributed by atoms with E-state index in [1.54, 1.807) is 31.2 Å². The van der Waals surface area contributed by atoms with E-state index in [1.807, 2.05) is 31.2 Å². The highest BCUT2D eigenvalue weighted by atomic mass is 32.2. The highest BCUT2D eigenvalue weighted by Crippen LogP contribution is 2.25. The van der Waals surface area contributed by atoms with Crippen molar-refractivity contribution in [1.29, 1.82) is 0 Å². The molecule has 0 saturated carbocycles. The normalized spacial score (nSPS) is 12.1. The highest BCUT2D eigenvalue weighted by molar-refractivity contribution is 7.92. The Kier molecular flexibility index (Phi) is 7.90. The number of carbonyl (C=O) groups is 1. The number of rotatable bonds is 10. The molecule has 0 aliphatic carbocycles. The Morgan fingerprint density at radius 2 is 1.76 bits per heavy atom. The first-order valence-electron chi connectivity index (χ1n) is 9.43. The standard InChI is InChI=1S/C21H28N2O5S/c1-5-19(21(24)22-15-16-9-7-8-10-20(16)28-6-2)23(29(4,25)26)17-11-13-18(27-3)14-12-17/h7-14,19H,5-6,15H2,1-4H3,(H,22,24)/t19-/m1/s1. The molecule has 0 aliphatic rings. The summed E-state index contributed by atoms with van der Waals surface area (Å²) >= 11 is 0. The van der Waals surface area contributed by atoms with Crippen LogP contribution in [0.1, 0.15) is 25.8 Å². The number of ether oxygens (including phenoxy) is 2. The Balaban J connectivity index is 2.24. The third-order valence-corrected chi connectivity index (χ3v) is 5.56. The van der Waals surface area contributed by atoms with Crippen molar-refractivity contribution in [3.8, 4) is 11.5 Å². The molecule has 2 aromatic rings. The number of amides is 1. The van der Waals surface area contributed by atoms with Gasteiger partial charge in [-0.3, -0.25) is 9.10 Å². The lowest BCUT2D eigenvalue weighted by molar-refractivity contribution is -0.122. The molecule has 29 heavy (non-hydrogen) atoms. The Bertz CT molecular complexity index is 913. The molecular weight excluding hydrogens is 392 g/mol. The molecular formula is C21H28N2O5S. The summed E-state index contributed by atoms with van der Waals surface area (Å²) < 4.78 is 36.9. The summed E-state index contributed by atoms with van der Waals surface area (Å²) in [4.78, 5) is 12.9. The zero-order valence-electron chi connectivity index (χ0n) is 17.2. The van der Waals surface area contributed by atoms with Crippen LogP contribution in [0.15, 0.2) is 48.5 Å². The van der Waals surface area contributed by atoms with Crippen molar-refractivity contribution in [3.63, 3.8) is 0 Å². The van der Waals surface area contributed by atoms with Gasteiger partial charge in [0.05, 0.1) is 25.7 Å². The van der Waals surface area contributed by atoms with Crippen LogP contribution in [0.3, 0.4) is 0 Å². The molecule has 2 rings (SSSR count).